The van der Waals surface area contributed by atoms with E-state index >= 15 is 0 Å². The standard InChI is InChI=1S/C10H8N2O3/c1-15-10(14)7-2-4-8(5-3-7)12-9(13)6-11/h2-5H,1H3,(H,12,13). The summed E-state index contributed by atoms with van der Waals surface area (Å²) in [5, 5.41) is 10.6. The molecule has 1 aromatic carbocycles. The summed E-state index contributed by atoms with van der Waals surface area (Å²) < 4.78 is 4.50. The van der Waals surface area contributed by atoms with Gasteiger partial charge in [-0.15, -0.1) is 0 Å². The van der Waals surface area contributed by atoms with Crippen LogP contribution in [0.3, 0.4) is 0 Å². The number of rotatable bonds is 2. The first kappa shape index (κ1) is 10.7. The maximum Gasteiger partial charge on any atom is 0.337 e. The van der Waals surface area contributed by atoms with Crippen molar-refractivity contribution in [1.29, 1.82) is 5.26 Å². The van der Waals surface area contributed by atoms with Gasteiger partial charge in [-0.05, 0) is 24.3 Å². The zero-order chi connectivity index (χ0) is 11.3. The van der Waals surface area contributed by atoms with Crippen LogP contribution in [0.25, 0.3) is 0 Å². The van der Waals surface area contributed by atoms with Gasteiger partial charge in [0.05, 0.1) is 12.7 Å². The zero-order valence-electron chi connectivity index (χ0n) is 7.98. The largest absolute Gasteiger partial charge is 0.465 e. The van der Waals surface area contributed by atoms with E-state index in [0.29, 0.717) is 11.3 Å². The van der Waals surface area contributed by atoms with E-state index in [-0.39, 0.29) is 0 Å². The van der Waals surface area contributed by atoms with Gasteiger partial charge in [0, 0.05) is 5.69 Å². The van der Waals surface area contributed by atoms with Crippen molar-refractivity contribution in [3.8, 4) is 6.07 Å². The van der Waals surface area contributed by atoms with Crippen LogP contribution in [-0.4, -0.2) is 19.0 Å². The van der Waals surface area contributed by atoms with Gasteiger partial charge in [-0.2, -0.15) is 5.26 Å². The Morgan fingerprint density at radius 3 is 2.40 bits per heavy atom. The molecule has 0 heterocycles. The highest BCUT2D eigenvalue weighted by Gasteiger charge is 2.05. The third-order valence-corrected chi connectivity index (χ3v) is 1.67. The first-order valence-corrected chi connectivity index (χ1v) is 4.07. The third kappa shape index (κ3) is 2.81. The predicted molar refractivity (Wildman–Crippen MR) is 52.0 cm³/mol. The second-order valence-corrected chi connectivity index (χ2v) is 2.63. The molecule has 0 unspecified atom stereocenters. The van der Waals surface area contributed by atoms with E-state index in [1.807, 2.05) is 0 Å². The Bertz CT molecular complexity index is 417. The summed E-state index contributed by atoms with van der Waals surface area (Å²) in [6.07, 6.45) is 0. The Hall–Kier alpha value is -2.35. The average Bonchev–Trinajstić information content (AvgIpc) is 2.29. The number of methoxy groups -OCH3 is 1. The molecule has 1 aromatic rings. The lowest BCUT2D eigenvalue weighted by Gasteiger charge is -2.01. The van der Waals surface area contributed by atoms with E-state index in [1.54, 1.807) is 0 Å². The highest BCUT2D eigenvalue weighted by Crippen LogP contribution is 2.09. The maximum atomic E-state index is 11.0. The summed E-state index contributed by atoms with van der Waals surface area (Å²) >= 11 is 0. The summed E-state index contributed by atoms with van der Waals surface area (Å²) in [5.74, 6) is -1.20. The van der Waals surface area contributed by atoms with Gasteiger partial charge in [-0.1, -0.05) is 0 Å². The van der Waals surface area contributed by atoms with E-state index in [4.69, 9.17) is 5.26 Å². The maximum absolute atomic E-state index is 11.0. The van der Waals surface area contributed by atoms with Crippen molar-refractivity contribution >= 4 is 17.6 Å². The summed E-state index contributed by atoms with van der Waals surface area (Å²) in [7, 11) is 1.29. The van der Waals surface area contributed by atoms with E-state index in [0.717, 1.165) is 0 Å². The van der Waals surface area contributed by atoms with Gasteiger partial charge in [-0.25, -0.2) is 4.79 Å². The van der Waals surface area contributed by atoms with Crippen LogP contribution in [0.4, 0.5) is 5.69 Å². The molecule has 0 spiro atoms. The zero-order valence-corrected chi connectivity index (χ0v) is 7.98. The average molecular weight is 204 g/mol. The van der Waals surface area contributed by atoms with Gasteiger partial charge in [0.2, 0.25) is 0 Å². The summed E-state index contributed by atoms with van der Waals surface area (Å²) in [5.41, 5.74) is 0.835. The molecule has 0 saturated carbocycles. The van der Waals surface area contributed by atoms with E-state index in [1.165, 1.54) is 37.4 Å². The predicted octanol–water partition coefficient (Wildman–Crippen LogP) is 0.935. The highest BCUT2D eigenvalue weighted by molar-refractivity contribution is 6.02. The summed E-state index contributed by atoms with van der Waals surface area (Å²) in [6.45, 7) is 0. The number of anilines is 1. The number of amides is 1. The van der Waals surface area contributed by atoms with Gasteiger partial charge >= 0.3 is 11.9 Å². The number of benzene rings is 1. The molecule has 1 amide bonds. The minimum Gasteiger partial charge on any atom is -0.465 e. The van der Waals surface area contributed by atoms with Crippen molar-refractivity contribution in [3.05, 3.63) is 29.8 Å². The molecule has 0 aliphatic carbocycles. The fraction of sp³-hybridized carbons (Fsp3) is 0.100. The van der Waals surface area contributed by atoms with Gasteiger partial charge in [0.1, 0.15) is 0 Å². The Kier molecular flexibility index (Phi) is 3.41. The molecule has 15 heavy (non-hydrogen) atoms. The number of nitriles is 1. The number of esters is 1. The molecule has 0 saturated heterocycles. The normalized spacial score (nSPS) is 8.80. The van der Waals surface area contributed by atoms with E-state index in [9.17, 15) is 9.59 Å². The molecule has 0 aliphatic heterocycles. The molecule has 0 bridgehead atoms. The fourth-order valence-electron chi connectivity index (χ4n) is 0.967. The fourth-order valence-corrected chi connectivity index (χ4v) is 0.967. The lowest BCUT2D eigenvalue weighted by molar-refractivity contribution is -0.111. The quantitative estimate of drug-likeness (QED) is 0.574. The molecule has 76 valence electrons. The monoisotopic (exact) mass is 204 g/mol. The van der Waals surface area contributed by atoms with E-state index < -0.39 is 11.9 Å². The minimum absolute atomic E-state index is 0.382. The van der Waals surface area contributed by atoms with Gasteiger partial charge in [0.15, 0.2) is 6.07 Å². The highest BCUT2D eigenvalue weighted by atomic mass is 16.5. The number of hydrogen-bond donors (Lipinski definition) is 1. The molecular formula is C10H8N2O3. The molecular weight excluding hydrogens is 196 g/mol. The number of nitrogens with zero attached hydrogens (tertiary/aromatic N) is 1. The van der Waals surface area contributed by atoms with Crippen molar-refractivity contribution in [3.63, 3.8) is 0 Å². The SMILES string of the molecule is COC(=O)c1ccc(NC(=O)C#N)cc1. The van der Waals surface area contributed by atoms with Crippen LogP contribution in [0.15, 0.2) is 24.3 Å². The molecule has 1 N–H and O–H groups in total. The minimum atomic E-state index is -0.749. The topological polar surface area (TPSA) is 79.2 Å². The summed E-state index contributed by atoms with van der Waals surface area (Å²) in [4.78, 5) is 21.7. The smallest absolute Gasteiger partial charge is 0.337 e. The van der Waals surface area contributed by atoms with Crippen LogP contribution in [0.1, 0.15) is 10.4 Å². The van der Waals surface area contributed by atoms with Crippen LogP contribution < -0.4 is 5.32 Å². The summed E-state index contributed by atoms with van der Waals surface area (Å²) in [6, 6.07) is 7.45. The number of carbonyl (C=O) groups excluding carboxylic acids is 2. The number of nitrogens with one attached hydrogen (secondary N) is 1. The molecule has 0 atom stereocenters. The Balaban J connectivity index is 2.78. The Labute approximate surface area is 86.3 Å². The Morgan fingerprint density at radius 1 is 1.33 bits per heavy atom. The van der Waals surface area contributed by atoms with Gasteiger partial charge in [0.25, 0.3) is 0 Å². The Morgan fingerprint density at radius 2 is 1.93 bits per heavy atom. The van der Waals surface area contributed by atoms with Crippen molar-refractivity contribution in [2.24, 2.45) is 0 Å². The second kappa shape index (κ2) is 4.77. The number of hydrogen-bond acceptors (Lipinski definition) is 4. The van der Waals surface area contributed by atoms with Gasteiger partial charge < -0.3 is 10.1 Å². The molecule has 1 rings (SSSR count). The number of ether oxygens (including phenoxy) is 1. The molecule has 5 nitrogen and oxygen atoms in total. The number of carbonyl (C=O) groups is 2. The van der Waals surface area contributed by atoms with Crippen LogP contribution in [0.5, 0.6) is 0 Å². The molecule has 0 fully saturated rings. The van der Waals surface area contributed by atoms with Crippen molar-refractivity contribution in [2.45, 2.75) is 0 Å². The second-order valence-electron chi connectivity index (χ2n) is 2.63. The molecule has 0 aliphatic rings. The molecule has 5 heteroatoms. The van der Waals surface area contributed by atoms with Crippen LogP contribution in [0.2, 0.25) is 0 Å². The first-order chi connectivity index (χ1) is 7.17. The van der Waals surface area contributed by atoms with E-state index in [2.05, 4.69) is 10.1 Å². The lowest BCUT2D eigenvalue weighted by Crippen LogP contribution is -2.08. The lowest BCUT2D eigenvalue weighted by atomic mass is 10.2. The third-order valence-electron chi connectivity index (χ3n) is 1.67. The van der Waals surface area contributed by atoms with Crippen molar-refractivity contribution < 1.29 is 14.3 Å². The first-order valence-electron chi connectivity index (χ1n) is 4.07. The van der Waals surface area contributed by atoms with Crippen molar-refractivity contribution in [1.82, 2.24) is 0 Å². The van der Waals surface area contributed by atoms with Crippen LogP contribution >= 0.6 is 0 Å². The van der Waals surface area contributed by atoms with Crippen LogP contribution in [0, 0.1) is 11.3 Å². The molecule has 0 radical (unpaired) electrons. The van der Waals surface area contributed by atoms with Crippen LogP contribution in [-0.2, 0) is 9.53 Å². The molecule has 0 aromatic heterocycles. The van der Waals surface area contributed by atoms with Gasteiger partial charge in [-0.3, -0.25) is 4.79 Å². The van der Waals surface area contributed by atoms with Crippen molar-refractivity contribution in [2.75, 3.05) is 12.4 Å².